The molecule has 0 radical (unpaired) electrons. The van der Waals surface area contributed by atoms with Gasteiger partial charge in [-0.3, -0.25) is 0 Å². The molecular formula is C16H38N2+2. The zero-order chi connectivity index (χ0) is 11.5. The lowest BCUT2D eigenvalue weighted by Gasteiger charge is -2.31. The molecule has 2 aliphatic rings. The van der Waals surface area contributed by atoms with E-state index >= 15 is 0 Å². The second kappa shape index (κ2) is 7.49. The van der Waals surface area contributed by atoms with Crippen molar-refractivity contribution in [3.05, 3.63) is 0 Å². The molecule has 0 atom stereocenters. The van der Waals surface area contributed by atoms with Crippen LogP contribution in [0.5, 0.6) is 0 Å². The highest BCUT2D eigenvalue weighted by Crippen LogP contribution is 2.20. The van der Waals surface area contributed by atoms with Crippen molar-refractivity contribution in [3.8, 4) is 0 Å². The van der Waals surface area contributed by atoms with E-state index in [1.54, 1.807) is 0 Å². The predicted molar refractivity (Wildman–Crippen MR) is 82.7 cm³/mol. The maximum atomic E-state index is 2.46. The van der Waals surface area contributed by atoms with Crippen molar-refractivity contribution in [1.29, 1.82) is 0 Å². The van der Waals surface area contributed by atoms with Crippen molar-refractivity contribution in [2.45, 2.75) is 53.4 Å². The third-order valence-corrected chi connectivity index (χ3v) is 4.94. The van der Waals surface area contributed by atoms with Crippen molar-refractivity contribution in [1.82, 2.24) is 0 Å². The summed E-state index contributed by atoms with van der Waals surface area (Å²) < 4.78 is 2.73. The fourth-order valence-electron chi connectivity index (χ4n) is 3.63. The quantitative estimate of drug-likeness (QED) is 0.523. The topological polar surface area (TPSA) is 0 Å². The molecular weight excluding hydrogens is 220 g/mol. The summed E-state index contributed by atoms with van der Waals surface area (Å²) in [7, 11) is 4.91. The van der Waals surface area contributed by atoms with Gasteiger partial charge in [-0.1, -0.05) is 14.9 Å². The number of rotatable bonds is 5. The van der Waals surface area contributed by atoms with E-state index in [0.717, 1.165) is 0 Å². The van der Waals surface area contributed by atoms with Gasteiger partial charge in [0.15, 0.2) is 0 Å². The molecule has 2 heteroatoms. The molecule has 0 aliphatic carbocycles. The average molecular weight is 258 g/mol. The van der Waals surface area contributed by atoms with Crippen LogP contribution in [0.2, 0.25) is 0 Å². The van der Waals surface area contributed by atoms with E-state index in [2.05, 4.69) is 14.1 Å². The van der Waals surface area contributed by atoms with Gasteiger partial charge >= 0.3 is 0 Å². The number of likely N-dealkylation sites (tertiary alicyclic amines) is 2. The van der Waals surface area contributed by atoms with Gasteiger partial charge in [0.25, 0.3) is 0 Å². The first-order chi connectivity index (χ1) is 7.62. The molecule has 2 fully saturated rings. The molecule has 0 aromatic carbocycles. The van der Waals surface area contributed by atoms with Crippen molar-refractivity contribution in [2.24, 2.45) is 0 Å². The third-order valence-electron chi connectivity index (χ3n) is 4.94. The summed E-state index contributed by atoms with van der Waals surface area (Å²) in [5.74, 6) is 0. The molecule has 0 bridgehead atoms. The van der Waals surface area contributed by atoms with Gasteiger partial charge in [0.2, 0.25) is 0 Å². The predicted octanol–water partition coefficient (Wildman–Crippen LogP) is 3.52. The molecule has 2 saturated heterocycles. The first-order valence-corrected chi connectivity index (χ1v) is 7.29. The number of hydrogen-bond acceptors (Lipinski definition) is 0. The van der Waals surface area contributed by atoms with Crippen LogP contribution in [0.4, 0.5) is 0 Å². The average Bonchev–Trinajstić information content (AvgIpc) is 2.84. The zero-order valence-corrected chi connectivity index (χ0v) is 11.4. The lowest BCUT2D eigenvalue weighted by atomic mass is 10.2. The van der Waals surface area contributed by atoms with Crippen molar-refractivity contribution in [3.63, 3.8) is 0 Å². The van der Waals surface area contributed by atoms with Gasteiger partial charge in [0.1, 0.15) is 0 Å². The van der Waals surface area contributed by atoms with Crippen LogP contribution in [0, 0.1) is 0 Å². The summed E-state index contributed by atoms with van der Waals surface area (Å²) in [5.41, 5.74) is 0. The van der Waals surface area contributed by atoms with Gasteiger partial charge < -0.3 is 8.97 Å². The van der Waals surface area contributed by atoms with Gasteiger partial charge in [-0.05, 0) is 0 Å². The fourth-order valence-corrected chi connectivity index (χ4v) is 3.63. The van der Waals surface area contributed by atoms with Gasteiger partial charge in [-0.2, -0.15) is 0 Å². The minimum absolute atomic E-state index is 0. The van der Waals surface area contributed by atoms with Crippen LogP contribution >= 0.6 is 0 Å². The molecule has 2 nitrogen and oxygen atoms in total. The van der Waals surface area contributed by atoms with Crippen molar-refractivity contribution in [2.75, 3.05) is 53.4 Å². The molecule has 0 amide bonds. The largest absolute Gasteiger partial charge is 0.326 e. The van der Waals surface area contributed by atoms with E-state index in [1.165, 1.54) is 86.8 Å². The molecule has 0 spiro atoms. The lowest BCUT2D eigenvalue weighted by molar-refractivity contribution is -0.904. The molecule has 0 N–H and O–H groups in total. The normalized spacial score (nSPS) is 24.3. The summed E-state index contributed by atoms with van der Waals surface area (Å²) in [4.78, 5) is 0. The minimum atomic E-state index is 0. The van der Waals surface area contributed by atoms with E-state index < -0.39 is 0 Å². The first-order valence-electron chi connectivity index (χ1n) is 7.29. The van der Waals surface area contributed by atoms with Crippen LogP contribution < -0.4 is 0 Å². The molecule has 0 aromatic heterocycles. The SMILES string of the molecule is C.C.C[N+]1(CCCC[N+]2(C)CCCC2)CCCC1. The second-order valence-corrected chi connectivity index (χ2v) is 6.70. The Morgan fingerprint density at radius 2 is 0.889 bits per heavy atom. The first kappa shape index (κ1) is 17.9. The number of quaternary nitrogens is 2. The Hall–Kier alpha value is -0.0800. The fraction of sp³-hybridized carbons (Fsp3) is 1.00. The summed E-state index contributed by atoms with van der Waals surface area (Å²) in [5, 5.41) is 0. The van der Waals surface area contributed by atoms with Crippen molar-refractivity contribution >= 4 is 0 Å². The Bertz CT molecular complexity index is 189. The highest BCUT2D eigenvalue weighted by atomic mass is 15.3. The number of nitrogens with zero attached hydrogens (tertiary/aromatic N) is 2. The van der Waals surface area contributed by atoms with Gasteiger partial charge in [0.05, 0.1) is 53.4 Å². The maximum Gasteiger partial charge on any atom is 0.0786 e. The van der Waals surface area contributed by atoms with E-state index in [-0.39, 0.29) is 14.9 Å². The van der Waals surface area contributed by atoms with Crippen LogP contribution in [0.25, 0.3) is 0 Å². The Labute approximate surface area is 116 Å². The van der Waals surface area contributed by atoms with E-state index in [9.17, 15) is 0 Å². The molecule has 2 aliphatic heterocycles. The van der Waals surface area contributed by atoms with Crippen LogP contribution in [0.1, 0.15) is 53.4 Å². The lowest BCUT2D eigenvalue weighted by Crippen LogP contribution is -2.44. The van der Waals surface area contributed by atoms with Crippen molar-refractivity contribution < 1.29 is 8.97 Å². The van der Waals surface area contributed by atoms with Crippen LogP contribution in [0.15, 0.2) is 0 Å². The Balaban J connectivity index is 0.00000144. The molecule has 18 heavy (non-hydrogen) atoms. The monoisotopic (exact) mass is 258 g/mol. The van der Waals surface area contributed by atoms with E-state index in [0.29, 0.717) is 0 Å². The number of unbranched alkanes of at least 4 members (excludes halogenated alkanes) is 1. The summed E-state index contributed by atoms with van der Waals surface area (Å²) >= 11 is 0. The highest BCUT2D eigenvalue weighted by Gasteiger charge is 2.28. The van der Waals surface area contributed by atoms with Gasteiger partial charge in [-0.15, -0.1) is 0 Å². The maximum absolute atomic E-state index is 2.46. The minimum Gasteiger partial charge on any atom is -0.326 e. The molecule has 0 saturated carbocycles. The van der Waals surface area contributed by atoms with E-state index in [4.69, 9.17) is 0 Å². The third kappa shape index (κ3) is 4.89. The smallest absolute Gasteiger partial charge is 0.0786 e. The van der Waals surface area contributed by atoms with Gasteiger partial charge in [-0.25, -0.2) is 0 Å². The summed E-state index contributed by atoms with van der Waals surface area (Å²) in [6.45, 7) is 8.61. The van der Waals surface area contributed by atoms with E-state index in [1.807, 2.05) is 0 Å². The van der Waals surface area contributed by atoms with Crippen LogP contribution in [-0.4, -0.2) is 62.3 Å². The molecule has 110 valence electrons. The van der Waals surface area contributed by atoms with Crippen LogP contribution in [-0.2, 0) is 0 Å². The summed E-state index contributed by atoms with van der Waals surface area (Å²) in [6, 6.07) is 0. The second-order valence-electron chi connectivity index (χ2n) is 6.70. The zero-order valence-electron chi connectivity index (χ0n) is 11.4. The summed E-state index contributed by atoms with van der Waals surface area (Å²) in [6.07, 6.45) is 8.75. The Morgan fingerprint density at radius 1 is 0.611 bits per heavy atom. The molecule has 0 aromatic rings. The highest BCUT2D eigenvalue weighted by molar-refractivity contribution is 4.54. The standard InChI is InChI=1S/C14H30N2.2CH4/c1-15(9-3-4-10-15)13-7-8-14-16(2)11-5-6-12-16;;/h3-14H2,1-2H3;2*1H4/q+2;;. The Kier molecular flexibility index (Phi) is 7.46. The van der Waals surface area contributed by atoms with Crippen LogP contribution in [0.3, 0.4) is 0 Å². The Morgan fingerprint density at radius 3 is 1.17 bits per heavy atom. The molecule has 2 heterocycles. The molecule has 0 unspecified atom stereocenters. The van der Waals surface area contributed by atoms with Gasteiger partial charge in [0, 0.05) is 38.5 Å². The number of hydrogen-bond donors (Lipinski definition) is 0. The molecule has 2 rings (SSSR count).